The van der Waals surface area contributed by atoms with Crippen LogP contribution in [0.3, 0.4) is 0 Å². The fraction of sp³-hybridized carbons (Fsp3) is 0.571. The summed E-state index contributed by atoms with van der Waals surface area (Å²) >= 11 is 1.67. The number of carbonyl (C=O) groups is 1. The highest BCUT2D eigenvalue weighted by Crippen LogP contribution is 2.25. The zero-order chi connectivity index (χ0) is 19.8. The molecule has 152 valence electrons. The molecule has 0 aromatic carbocycles. The van der Waals surface area contributed by atoms with E-state index in [4.69, 9.17) is 0 Å². The Bertz CT molecular complexity index is 707. The van der Waals surface area contributed by atoms with Crippen LogP contribution < -0.4 is 10.2 Å². The Balaban J connectivity index is 1.41. The van der Waals surface area contributed by atoms with Crippen molar-refractivity contribution in [3.05, 3.63) is 29.6 Å². The standard InChI is InChI=1S/C21H31N5OS/c1-3-25(4-2)13-6-12-22-21(27)17-10-14-26(15-11-17)20-9-8-18(23-24-20)19-7-5-16-28-19/h5,7-9,16-17H,3-4,6,10-15H2,1-2H3,(H,22,27). The van der Waals surface area contributed by atoms with E-state index in [0.717, 1.165) is 74.9 Å². The summed E-state index contributed by atoms with van der Waals surface area (Å²) in [5.41, 5.74) is 0.915. The Hall–Kier alpha value is -1.99. The van der Waals surface area contributed by atoms with Gasteiger partial charge in [0.25, 0.3) is 0 Å². The highest BCUT2D eigenvalue weighted by Gasteiger charge is 2.25. The van der Waals surface area contributed by atoms with Crippen LogP contribution in [-0.4, -0.2) is 60.3 Å². The summed E-state index contributed by atoms with van der Waals surface area (Å²) in [5.74, 6) is 1.22. The van der Waals surface area contributed by atoms with Crippen molar-refractivity contribution in [1.29, 1.82) is 0 Å². The summed E-state index contributed by atoms with van der Waals surface area (Å²) < 4.78 is 0. The van der Waals surface area contributed by atoms with Crippen LogP contribution in [-0.2, 0) is 4.79 Å². The molecule has 28 heavy (non-hydrogen) atoms. The van der Waals surface area contributed by atoms with Gasteiger partial charge in [0, 0.05) is 25.6 Å². The molecule has 0 radical (unpaired) electrons. The number of piperidine rings is 1. The molecule has 0 bridgehead atoms. The molecule has 1 amide bonds. The summed E-state index contributed by atoms with van der Waals surface area (Å²) in [7, 11) is 0. The molecule has 1 N–H and O–H groups in total. The molecule has 2 aromatic heterocycles. The minimum Gasteiger partial charge on any atom is -0.356 e. The Morgan fingerprint density at radius 1 is 1.21 bits per heavy atom. The number of rotatable bonds is 9. The quantitative estimate of drug-likeness (QED) is 0.654. The number of nitrogens with zero attached hydrogens (tertiary/aromatic N) is 4. The number of amides is 1. The second kappa shape index (κ2) is 10.5. The Morgan fingerprint density at radius 3 is 2.61 bits per heavy atom. The van der Waals surface area contributed by atoms with Gasteiger partial charge in [0.1, 0.15) is 5.69 Å². The lowest BCUT2D eigenvalue weighted by atomic mass is 9.96. The second-order valence-corrected chi connectivity index (χ2v) is 8.13. The van der Waals surface area contributed by atoms with E-state index in [1.807, 2.05) is 23.6 Å². The van der Waals surface area contributed by atoms with Gasteiger partial charge in [-0.05, 0) is 62.5 Å². The molecule has 0 unspecified atom stereocenters. The van der Waals surface area contributed by atoms with E-state index >= 15 is 0 Å². The van der Waals surface area contributed by atoms with Gasteiger partial charge < -0.3 is 15.1 Å². The first-order chi connectivity index (χ1) is 13.7. The molecule has 1 aliphatic rings. The predicted octanol–water partition coefficient (Wildman–Crippen LogP) is 3.27. The van der Waals surface area contributed by atoms with Crippen molar-refractivity contribution in [1.82, 2.24) is 20.4 Å². The van der Waals surface area contributed by atoms with Crippen LogP contribution in [0.2, 0.25) is 0 Å². The molecule has 0 saturated carbocycles. The number of thiophene rings is 1. The van der Waals surface area contributed by atoms with Gasteiger partial charge in [0.15, 0.2) is 5.82 Å². The summed E-state index contributed by atoms with van der Waals surface area (Å²) in [6.45, 7) is 10.0. The third kappa shape index (κ3) is 5.52. The van der Waals surface area contributed by atoms with Crippen molar-refractivity contribution >= 4 is 23.1 Å². The normalized spacial score (nSPS) is 15.2. The molecule has 0 spiro atoms. The number of hydrogen-bond donors (Lipinski definition) is 1. The zero-order valence-electron chi connectivity index (χ0n) is 16.9. The molecule has 0 atom stereocenters. The number of aromatic nitrogens is 2. The third-order valence-electron chi connectivity index (χ3n) is 5.46. The average Bonchev–Trinajstić information content (AvgIpc) is 3.29. The van der Waals surface area contributed by atoms with Crippen LogP contribution in [0.1, 0.15) is 33.1 Å². The maximum absolute atomic E-state index is 12.4. The number of hydrogen-bond acceptors (Lipinski definition) is 6. The monoisotopic (exact) mass is 401 g/mol. The molecule has 0 aliphatic carbocycles. The first kappa shape index (κ1) is 20.7. The molecule has 7 heteroatoms. The predicted molar refractivity (Wildman–Crippen MR) is 116 cm³/mol. The van der Waals surface area contributed by atoms with Gasteiger partial charge in [-0.25, -0.2) is 0 Å². The highest BCUT2D eigenvalue weighted by atomic mass is 32.1. The van der Waals surface area contributed by atoms with E-state index in [2.05, 4.69) is 45.2 Å². The van der Waals surface area contributed by atoms with Gasteiger partial charge in [0.2, 0.25) is 5.91 Å². The molecule has 3 rings (SSSR count). The summed E-state index contributed by atoms with van der Waals surface area (Å²) in [6, 6.07) is 8.15. The lowest BCUT2D eigenvalue weighted by molar-refractivity contribution is -0.125. The van der Waals surface area contributed by atoms with Crippen molar-refractivity contribution in [3.63, 3.8) is 0 Å². The Morgan fingerprint density at radius 2 is 2.00 bits per heavy atom. The highest BCUT2D eigenvalue weighted by molar-refractivity contribution is 7.13. The van der Waals surface area contributed by atoms with Crippen molar-refractivity contribution < 1.29 is 4.79 Å². The minimum atomic E-state index is 0.114. The molecule has 1 fully saturated rings. The molecular formula is C21H31N5OS. The summed E-state index contributed by atoms with van der Waals surface area (Å²) in [6.07, 6.45) is 2.75. The second-order valence-electron chi connectivity index (χ2n) is 7.19. The van der Waals surface area contributed by atoms with E-state index < -0.39 is 0 Å². The van der Waals surface area contributed by atoms with Gasteiger partial charge in [-0.1, -0.05) is 19.9 Å². The maximum Gasteiger partial charge on any atom is 0.223 e. The first-order valence-corrected chi connectivity index (χ1v) is 11.2. The topological polar surface area (TPSA) is 61.4 Å². The third-order valence-corrected chi connectivity index (χ3v) is 6.35. The van der Waals surface area contributed by atoms with Crippen LogP contribution in [0.5, 0.6) is 0 Å². The van der Waals surface area contributed by atoms with Crippen LogP contribution in [0.25, 0.3) is 10.6 Å². The average molecular weight is 402 g/mol. The lowest BCUT2D eigenvalue weighted by Crippen LogP contribution is -2.41. The van der Waals surface area contributed by atoms with Crippen molar-refractivity contribution in [2.45, 2.75) is 33.1 Å². The largest absolute Gasteiger partial charge is 0.356 e. The maximum atomic E-state index is 12.4. The van der Waals surface area contributed by atoms with Crippen molar-refractivity contribution in [3.8, 4) is 10.6 Å². The fourth-order valence-corrected chi connectivity index (χ4v) is 4.31. The SMILES string of the molecule is CCN(CC)CCCNC(=O)C1CCN(c2ccc(-c3cccs3)nn2)CC1. The van der Waals surface area contributed by atoms with Gasteiger partial charge >= 0.3 is 0 Å². The number of carbonyl (C=O) groups excluding carboxylic acids is 1. The lowest BCUT2D eigenvalue weighted by Gasteiger charge is -2.31. The molecule has 1 aliphatic heterocycles. The van der Waals surface area contributed by atoms with Crippen LogP contribution in [0.4, 0.5) is 5.82 Å². The van der Waals surface area contributed by atoms with Crippen LogP contribution in [0.15, 0.2) is 29.6 Å². The van der Waals surface area contributed by atoms with Crippen molar-refractivity contribution in [2.24, 2.45) is 5.92 Å². The van der Waals surface area contributed by atoms with Gasteiger partial charge in [0.05, 0.1) is 4.88 Å². The van der Waals surface area contributed by atoms with E-state index in [9.17, 15) is 4.79 Å². The van der Waals surface area contributed by atoms with Crippen LogP contribution in [0, 0.1) is 5.92 Å². The van der Waals surface area contributed by atoms with Gasteiger partial charge in [-0.3, -0.25) is 4.79 Å². The molecule has 6 nitrogen and oxygen atoms in total. The number of nitrogens with one attached hydrogen (secondary N) is 1. The van der Waals surface area contributed by atoms with E-state index in [-0.39, 0.29) is 11.8 Å². The Labute approximate surface area is 172 Å². The number of anilines is 1. The molecule has 3 heterocycles. The first-order valence-electron chi connectivity index (χ1n) is 10.3. The summed E-state index contributed by atoms with van der Waals surface area (Å²) in [5, 5.41) is 13.9. The zero-order valence-corrected chi connectivity index (χ0v) is 17.7. The van der Waals surface area contributed by atoms with E-state index in [1.165, 1.54) is 0 Å². The molecule has 1 saturated heterocycles. The smallest absolute Gasteiger partial charge is 0.223 e. The van der Waals surface area contributed by atoms with Gasteiger partial charge in [-0.2, -0.15) is 0 Å². The Kier molecular flexibility index (Phi) is 7.80. The minimum absolute atomic E-state index is 0.114. The molecular weight excluding hydrogens is 370 g/mol. The summed E-state index contributed by atoms with van der Waals surface area (Å²) in [4.78, 5) is 18.2. The molecule has 2 aromatic rings. The fourth-order valence-electron chi connectivity index (χ4n) is 3.62. The van der Waals surface area contributed by atoms with E-state index in [0.29, 0.717) is 0 Å². The van der Waals surface area contributed by atoms with Crippen LogP contribution >= 0.6 is 11.3 Å². The van der Waals surface area contributed by atoms with Crippen molar-refractivity contribution in [2.75, 3.05) is 44.2 Å². The van der Waals surface area contributed by atoms with Gasteiger partial charge in [-0.15, -0.1) is 21.5 Å². The van der Waals surface area contributed by atoms with E-state index in [1.54, 1.807) is 11.3 Å².